The number of sulfonamides is 1. The topological polar surface area (TPSA) is 84.0 Å². The van der Waals surface area contributed by atoms with Gasteiger partial charge in [0.2, 0.25) is 0 Å². The van der Waals surface area contributed by atoms with Gasteiger partial charge < -0.3 is 9.64 Å². The fourth-order valence-electron chi connectivity index (χ4n) is 2.41. The minimum atomic E-state index is -4.07. The van der Waals surface area contributed by atoms with Gasteiger partial charge >= 0.3 is 5.97 Å². The Morgan fingerprint density at radius 2 is 1.66 bits per heavy atom. The molecule has 0 spiro atoms. The lowest BCUT2D eigenvalue weighted by molar-refractivity contribution is -0.137. The number of halogens is 2. The number of carbonyl (C=O) groups is 2. The van der Waals surface area contributed by atoms with Gasteiger partial charge in [0.25, 0.3) is 15.9 Å². The molecule has 0 aromatic heterocycles. The van der Waals surface area contributed by atoms with Crippen LogP contribution in [0.25, 0.3) is 0 Å². The molecule has 156 valence electrons. The Hall–Kier alpha value is -2.65. The van der Waals surface area contributed by atoms with Gasteiger partial charge in [-0.15, -0.1) is 0 Å². The molecule has 0 radical (unpaired) electrons. The lowest BCUT2D eigenvalue weighted by Crippen LogP contribution is -2.35. The molecule has 0 bridgehead atoms. The molecular formula is C19H20ClFN2O5S. The molecule has 10 heteroatoms. The molecule has 0 heterocycles. The number of ether oxygens (including phenoxy) is 1. The molecule has 0 saturated carbocycles. The first-order chi connectivity index (χ1) is 13.4. The quantitative estimate of drug-likeness (QED) is 0.642. The van der Waals surface area contributed by atoms with E-state index in [0.29, 0.717) is 0 Å². The molecule has 0 fully saturated rings. The summed E-state index contributed by atoms with van der Waals surface area (Å²) in [5.41, 5.74) is 0.0364. The number of anilines is 1. The second-order valence-electron chi connectivity index (χ2n) is 6.37. The van der Waals surface area contributed by atoms with Gasteiger partial charge in [-0.2, -0.15) is 0 Å². The number of nitrogens with zero attached hydrogens (tertiary/aromatic N) is 2. The second-order valence-corrected chi connectivity index (χ2v) is 8.75. The van der Waals surface area contributed by atoms with E-state index in [1.54, 1.807) is 0 Å². The van der Waals surface area contributed by atoms with Crippen LogP contribution in [0.1, 0.15) is 17.3 Å². The van der Waals surface area contributed by atoms with E-state index in [0.717, 1.165) is 22.5 Å². The number of rotatable bonds is 6. The minimum Gasteiger partial charge on any atom is -0.449 e. The molecule has 2 aromatic rings. The monoisotopic (exact) mass is 442 g/mol. The van der Waals surface area contributed by atoms with E-state index in [2.05, 4.69) is 0 Å². The maximum Gasteiger partial charge on any atom is 0.340 e. The molecule has 7 nitrogen and oxygen atoms in total. The standard InChI is InChI=1S/C19H20ClFN2O5S/c1-12(18(24)22(2)3)28-19(25)16-11-15(9-10-17(16)20)29(26,27)23(4)14-7-5-13(21)6-8-14/h5-12H,1-4H3. The van der Waals surface area contributed by atoms with E-state index in [9.17, 15) is 22.4 Å². The fourth-order valence-corrected chi connectivity index (χ4v) is 3.82. The third-order valence-corrected chi connectivity index (χ3v) is 6.19. The van der Waals surface area contributed by atoms with Gasteiger partial charge in [0, 0.05) is 21.1 Å². The molecule has 2 aromatic carbocycles. The minimum absolute atomic E-state index is 0.0251. The zero-order valence-corrected chi connectivity index (χ0v) is 17.8. The van der Waals surface area contributed by atoms with E-state index in [-0.39, 0.29) is 21.2 Å². The van der Waals surface area contributed by atoms with Crippen molar-refractivity contribution in [2.75, 3.05) is 25.4 Å². The third-order valence-electron chi connectivity index (χ3n) is 4.08. The van der Waals surface area contributed by atoms with Gasteiger partial charge in [0.1, 0.15) is 5.82 Å². The summed E-state index contributed by atoms with van der Waals surface area (Å²) >= 11 is 6.03. The Labute approximate surface area is 173 Å². The van der Waals surface area contributed by atoms with Crippen LogP contribution in [-0.2, 0) is 19.6 Å². The highest BCUT2D eigenvalue weighted by Crippen LogP contribution is 2.26. The molecule has 0 aliphatic heterocycles. The van der Waals surface area contributed by atoms with Gasteiger partial charge in [-0.25, -0.2) is 17.6 Å². The van der Waals surface area contributed by atoms with Crippen molar-refractivity contribution in [1.29, 1.82) is 0 Å². The van der Waals surface area contributed by atoms with Crippen molar-refractivity contribution in [2.45, 2.75) is 17.9 Å². The van der Waals surface area contributed by atoms with Gasteiger partial charge in [0.05, 0.1) is 21.2 Å². The smallest absolute Gasteiger partial charge is 0.340 e. The van der Waals surface area contributed by atoms with Crippen LogP contribution in [0.2, 0.25) is 5.02 Å². The first-order valence-corrected chi connectivity index (χ1v) is 10.2. The lowest BCUT2D eigenvalue weighted by atomic mass is 10.2. The number of amides is 1. The molecule has 2 rings (SSSR count). The number of benzene rings is 2. The predicted octanol–water partition coefficient (Wildman–Crippen LogP) is 2.94. The Morgan fingerprint density at radius 1 is 1.07 bits per heavy atom. The lowest BCUT2D eigenvalue weighted by Gasteiger charge is -2.20. The first-order valence-electron chi connectivity index (χ1n) is 8.41. The zero-order chi connectivity index (χ0) is 21.9. The van der Waals surface area contributed by atoms with Crippen LogP contribution in [0, 0.1) is 5.82 Å². The summed E-state index contributed by atoms with van der Waals surface area (Å²) < 4.78 is 45.0. The van der Waals surface area contributed by atoms with Crippen LogP contribution in [0.5, 0.6) is 0 Å². The van der Waals surface area contributed by atoms with Gasteiger partial charge in [-0.05, 0) is 49.4 Å². The van der Waals surface area contributed by atoms with Crippen LogP contribution in [-0.4, -0.2) is 52.4 Å². The molecule has 1 amide bonds. The van der Waals surface area contributed by atoms with Gasteiger partial charge in [-0.1, -0.05) is 11.6 Å². The van der Waals surface area contributed by atoms with Crippen LogP contribution in [0.4, 0.5) is 10.1 Å². The number of hydrogen-bond donors (Lipinski definition) is 0. The molecule has 1 atom stereocenters. The first kappa shape index (κ1) is 22.6. The van der Waals surface area contributed by atoms with Crippen LogP contribution in [0.15, 0.2) is 47.4 Å². The van der Waals surface area contributed by atoms with Crippen molar-refractivity contribution in [2.24, 2.45) is 0 Å². The number of likely N-dealkylation sites (N-methyl/N-ethyl adjacent to an activating group) is 1. The summed E-state index contributed by atoms with van der Waals surface area (Å²) in [6, 6.07) is 8.46. The van der Waals surface area contributed by atoms with E-state index in [1.807, 2.05) is 0 Å². The Kier molecular flexibility index (Phi) is 6.86. The molecule has 29 heavy (non-hydrogen) atoms. The Bertz CT molecular complexity index is 1030. The number of carbonyl (C=O) groups excluding carboxylic acids is 2. The van der Waals surface area contributed by atoms with Crippen molar-refractivity contribution >= 4 is 39.2 Å². The summed E-state index contributed by atoms with van der Waals surface area (Å²) in [5, 5.41) is -0.0251. The maximum absolute atomic E-state index is 13.1. The summed E-state index contributed by atoms with van der Waals surface area (Å²) in [7, 11) is 0.256. The van der Waals surface area contributed by atoms with Crippen molar-refractivity contribution in [1.82, 2.24) is 4.90 Å². The second kappa shape index (κ2) is 8.79. The maximum atomic E-state index is 13.1. The van der Waals surface area contributed by atoms with Crippen LogP contribution < -0.4 is 4.31 Å². The molecular weight excluding hydrogens is 423 g/mol. The van der Waals surface area contributed by atoms with Gasteiger partial charge in [0.15, 0.2) is 6.10 Å². The summed E-state index contributed by atoms with van der Waals surface area (Å²) in [6.45, 7) is 1.40. The third kappa shape index (κ3) is 5.04. The highest BCUT2D eigenvalue weighted by Gasteiger charge is 2.26. The normalized spacial score (nSPS) is 12.2. The van der Waals surface area contributed by atoms with E-state index >= 15 is 0 Å². The van der Waals surface area contributed by atoms with E-state index < -0.39 is 33.8 Å². The van der Waals surface area contributed by atoms with Crippen molar-refractivity contribution in [3.05, 3.63) is 58.9 Å². The van der Waals surface area contributed by atoms with Crippen LogP contribution >= 0.6 is 11.6 Å². The number of hydrogen-bond acceptors (Lipinski definition) is 5. The van der Waals surface area contributed by atoms with Crippen molar-refractivity contribution in [3.63, 3.8) is 0 Å². The fraction of sp³-hybridized carbons (Fsp3) is 0.263. The van der Waals surface area contributed by atoms with E-state index in [4.69, 9.17) is 16.3 Å². The van der Waals surface area contributed by atoms with E-state index in [1.165, 1.54) is 57.2 Å². The molecule has 1 unspecified atom stereocenters. The highest BCUT2D eigenvalue weighted by atomic mass is 35.5. The SMILES string of the molecule is CC(OC(=O)c1cc(S(=O)(=O)N(C)c2ccc(F)cc2)ccc1Cl)C(=O)N(C)C. The molecule has 0 aliphatic rings. The van der Waals surface area contributed by atoms with Crippen LogP contribution in [0.3, 0.4) is 0 Å². The summed E-state index contributed by atoms with van der Waals surface area (Å²) in [4.78, 5) is 25.4. The molecule has 0 aliphatic carbocycles. The largest absolute Gasteiger partial charge is 0.449 e. The average Bonchev–Trinajstić information content (AvgIpc) is 2.67. The molecule has 0 N–H and O–H groups in total. The predicted molar refractivity (Wildman–Crippen MR) is 107 cm³/mol. The molecule has 0 saturated heterocycles. The van der Waals surface area contributed by atoms with Gasteiger partial charge in [-0.3, -0.25) is 9.10 Å². The Balaban J connectivity index is 2.35. The van der Waals surface area contributed by atoms with Crippen molar-refractivity contribution < 1.29 is 27.1 Å². The average molecular weight is 443 g/mol. The van der Waals surface area contributed by atoms with Crippen molar-refractivity contribution in [3.8, 4) is 0 Å². The Morgan fingerprint density at radius 3 is 2.21 bits per heavy atom. The summed E-state index contributed by atoms with van der Waals surface area (Å²) in [6.07, 6.45) is -1.07. The zero-order valence-electron chi connectivity index (χ0n) is 16.2. The summed E-state index contributed by atoms with van der Waals surface area (Å²) in [5.74, 6) is -1.87. The highest BCUT2D eigenvalue weighted by molar-refractivity contribution is 7.92. The number of esters is 1.